The summed E-state index contributed by atoms with van der Waals surface area (Å²) in [6, 6.07) is 11.9. The average molecular weight is 228 g/mol. The van der Waals surface area contributed by atoms with Crippen LogP contribution in [-0.4, -0.2) is 5.78 Å². The second-order valence-corrected chi connectivity index (χ2v) is 4.06. The molecule has 0 fully saturated rings. The summed E-state index contributed by atoms with van der Waals surface area (Å²) in [4.78, 5) is 12.3. The molecule has 0 saturated carbocycles. The van der Waals surface area contributed by atoms with Gasteiger partial charge in [0.25, 0.3) is 0 Å². The lowest BCUT2D eigenvalue weighted by molar-refractivity contribution is 0.103. The van der Waals surface area contributed by atoms with Crippen LogP contribution in [0.5, 0.6) is 0 Å². The van der Waals surface area contributed by atoms with Crippen molar-refractivity contribution in [2.75, 3.05) is 0 Å². The number of hydrogen-bond donors (Lipinski definition) is 0. The molecule has 0 unspecified atom stereocenters. The van der Waals surface area contributed by atoms with Crippen LogP contribution in [0.2, 0.25) is 0 Å². The number of halogens is 1. The average Bonchev–Trinajstić information content (AvgIpc) is 2.32. The SMILES string of the molecule is Cc1ccccc1C(=O)c1cccc(F)c1C. The fraction of sp³-hybridized carbons (Fsp3) is 0.133. The van der Waals surface area contributed by atoms with Gasteiger partial charge in [-0.05, 0) is 31.0 Å². The summed E-state index contributed by atoms with van der Waals surface area (Å²) in [7, 11) is 0. The van der Waals surface area contributed by atoms with Gasteiger partial charge >= 0.3 is 0 Å². The quantitative estimate of drug-likeness (QED) is 0.717. The van der Waals surface area contributed by atoms with Crippen molar-refractivity contribution in [2.24, 2.45) is 0 Å². The zero-order chi connectivity index (χ0) is 12.4. The zero-order valence-corrected chi connectivity index (χ0v) is 9.83. The maximum Gasteiger partial charge on any atom is 0.193 e. The van der Waals surface area contributed by atoms with Gasteiger partial charge in [-0.15, -0.1) is 0 Å². The molecule has 1 nitrogen and oxygen atoms in total. The first-order chi connectivity index (χ1) is 8.11. The third-order valence-electron chi connectivity index (χ3n) is 2.90. The van der Waals surface area contributed by atoms with Crippen LogP contribution in [0.3, 0.4) is 0 Å². The molecule has 0 aromatic heterocycles. The number of benzene rings is 2. The first kappa shape index (κ1) is 11.5. The monoisotopic (exact) mass is 228 g/mol. The lowest BCUT2D eigenvalue weighted by Crippen LogP contribution is -2.06. The molecular formula is C15H13FO. The molecular weight excluding hydrogens is 215 g/mol. The molecule has 2 heteroatoms. The molecule has 0 radical (unpaired) electrons. The lowest BCUT2D eigenvalue weighted by Gasteiger charge is -2.07. The standard InChI is InChI=1S/C15H13FO/c1-10-6-3-4-7-12(10)15(17)13-8-5-9-14(16)11(13)2/h3-9H,1-2H3. The Morgan fingerprint density at radius 2 is 1.59 bits per heavy atom. The van der Waals surface area contributed by atoms with Crippen molar-refractivity contribution < 1.29 is 9.18 Å². The summed E-state index contributed by atoms with van der Waals surface area (Å²) in [5.74, 6) is -0.468. The molecule has 17 heavy (non-hydrogen) atoms. The van der Waals surface area contributed by atoms with Gasteiger partial charge in [0.15, 0.2) is 5.78 Å². The Morgan fingerprint density at radius 1 is 0.941 bits per heavy atom. The molecule has 0 bridgehead atoms. The number of rotatable bonds is 2. The second-order valence-electron chi connectivity index (χ2n) is 4.06. The van der Waals surface area contributed by atoms with Crippen molar-refractivity contribution in [2.45, 2.75) is 13.8 Å². The molecule has 86 valence electrons. The van der Waals surface area contributed by atoms with Crippen molar-refractivity contribution in [1.82, 2.24) is 0 Å². The van der Waals surface area contributed by atoms with Crippen molar-refractivity contribution in [3.05, 3.63) is 70.5 Å². The maximum atomic E-state index is 13.4. The highest BCUT2D eigenvalue weighted by molar-refractivity contribution is 6.10. The predicted octanol–water partition coefficient (Wildman–Crippen LogP) is 3.67. The van der Waals surface area contributed by atoms with E-state index >= 15 is 0 Å². The molecule has 0 aliphatic carbocycles. The molecule has 0 amide bonds. The maximum absolute atomic E-state index is 13.4. The third-order valence-corrected chi connectivity index (χ3v) is 2.90. The molecule has 0 heterocycles. The minimum absolute atomic E-state index is 0.125. The Balaban J connectivity index is 2.52. The van der Waals surface area contributed by atoms with Crippen LogP contribution in [0.15, 0.2) is 42.5 Å². The van der Waals surface area contributed by atoms with E-state index in [1.165, 1.54) is 6.07 Å². The van der Waals surface area contributed by atoms with Gasteiger partial charge in [0.2, 0.25) is 0 Å². The molecule has 2 rings (SSSR count). The van der Waals surface area contributed by atoms with Gasteiger partial charge in [0.05, 0.1) is 0 Å². The van der Waals surface area contributed by atoms with Crippen LogP contribution in [0.1, 0.15) is 27.0 Å². The number of carbonyl (C=O) groups excluding carboxylic acids is 1. The summed E-state index contributed by atoms with van der Waals surface area (Å²) in [6.45, 7) is 3.50. The number of carbonyl (C=O) groups is 1. The van der Waals surface area contributed by atoms with Crippen LogP contribution in [0.4, 0.5) is 4.39 Å². The largest absolute Gasteiger partial charge is 0.289 e. The lowest BCUT2D eigenvalue weighted by atomic mass is 9.96. The molecule has 0 spiro atoms. The fourth-order valence-electron chi connectivity index (χ4n) is 1.83. The van der Waals surface area contributed by atoms with Crippen molar-refractivity contribution in [3.63, 3.8) is 0 Å². The fourth-order valence-corrected chi connectivity index (χ4v) is 1.83. The van der Waals surface area contributed by atoms with E-state index in [9.17, 15) is 9.18 Å². The van der Waals surface area contributed by atoms with E-state index in [1.54, 1.807) is 25.1 Å². The molecule has 0 atom stereocenters. The molecule has 2 aromatic rings. The Labute approximate surface area is 99.9 Å². The Morgan fingerprint density at radius 3 is 2.29 bits per heavy atom. The minimum atomic E-state index is -0.343. The zero-order valence-electron chi connectivity index (χ0n) is 9.83. The smallest absolute Gasteiger partial charge is 0.193 e. The Bertz CT molecular complexity index is 573. The van der Waals surface area contributed by atoms with Crippen LogP contribution < -0.4 is 0 Å². The van der Waals surface area contributed by atoms with Crippen molar-refractivity contribution >= 4 is 5.78 Å². The van der Waals surface area contributed by atoms with Gasteiger partial charge in [-0.1, -0.05) is 36.4 Å². The van der Waals surface area contributed by atoms with Gasteiger partial charge in [0, 0.05) is 11.1 Å². The van der Waals surface area contributed by atoms with Crippen LogP contribution in [0, 0.1) is 19.7 Å². The molecule has 0 N–H and O–H groups in total. The highest BCUT2D eigenvalue weighted by Crippen LogP contribution is 2.18. The van der Waals surface area contributed by atoms with E-state index in [-0.39, 0.29) is 11.6 Å². The number of hydrogen-bond acceptors (Lipinski definition) is 1. The van der Waals surface area contributed by atoms with Gasteiger partial charge < -0.3 is 0 Å². The van der Waals surface area contributed by atoms with Crippen LogP contribution in [0.25, 0.3) is 0 Å². The Kier molecular flexibility index (Phi) is 3.05. The minimum Gasteiger partial charge on any atom is -0.289 e. The molecule has 2 aromatic carbocycles. The van der Waals surface area contributed by atoms with E-state index < -0.39 is 0 Å². The van der Waals surface area contributed by atoms with Gasteiger partial charge in [0.1, 0.15) is 5.82 Å². The predicted molar refractivity (Wildman–Crippen MR) is 65.7 cm³/mol. The van der Waals surface area contributed by atoms with E-state index in [0.717, 1.165) is 5.56 Å². The highest BCUT2D eigenvalue weighted by atomic mass is 19.1. The van der Waals surface area contributed by atoms with Gasteiger partial charge in [-0.3, -0.25) is 4.79 Å². The molecule has 0 saturated heterocycles. The third kappa shape index (κ3) is 2.11. The summed E-state index contributed by atoms with van der Waals surface area (Å²) < 4.78 is 13.4. The Hall–Kier alpha value is -1.96. The number of ketones is 1. The number of aryl methyl sites for hydroxylation is 1. The van der Waals surface area contributed by atoms with E-state index in [2.05, 4.69) is 0 Å². The second kappa shape index (κ2) is 4.50. The van der Waals surface area contributed by atoms with Crippen LogP contribution >= 0.6 is 0 Å². The van der Waals surface area contributed by atoms with Crippen LogP contribution in [-0.2, 0) is 0 Å². The van der Waals surface area contributed by atoms with Crippen molar-refractivity contribution in [1.29, 1.82) is 0 Å². The van der Waals surface area contributed by atoms with Gasteiger partial charge in [-0.25, -0.2) is 4.39 Å². The van der Waals surface area contributed by atoms with Crippen molar-refractivity contribution in [3.8, 4) is 0 Å². The summed E-state index contributed by atoms with van der Waals surface area (Å²) in [5.41, 5.74) is 2.36. The summed E-state index contributed by atoms with van der Waals surface area (Å²) in [6.07, 6.45) is 0. The normalized spacial score (nSPS) is 10.3. The first-order valence-electron chi connectivity index (χ1n) is 5.46. The summed E-state index contributed by atoms with van der Waals surface area (Å²) >= 11 is 0. The van der Waals surface area contributed by atoms with E-state index in [0.29, 0.717) is 16.7 Å². The topological polar surface area (TPSA) is 17.1 Å². The van der Waals surface area contributed by atoms with Gasteiger partial charge in [-0.2, -0.15) is 0 Å². The first-order valence-corrected chi connectivity index (χ1v) is 5.46. The molecule has 0 aliphatic rings. The molecule has 0 aliphatic heterocycles. The van der Waals surface area contributed by atoms with E-state index in [1.807, 2.05) is 25.1 Å². The summed E-state index contributed by atoms with van der Waals surface area (Å²) in [5, 5.41) is 0. The highest BCUT2D eigenvalue weighted by Gasteiger charge is 2.15. The van der Waals surface area contributed by atoms with E-state index in [4.69, 9.17) is 0 Å².